The monoisotopic (exact) mass is 282 g/mol. The summed E-state index contributed by atoms with van der Waals surface area (Å²) in [5.74, 6) is -1.51. The molecule has 110 valence electrons. The van der Waals surface area contributed by atoms with E-state index in [4.69, 9.17) is 0 Å². The summed E-state index contributed by atoms with van der Waals surface area (Å²) in [6.07, 6.45) is -0.412. The van der Waals surface area contributed by atoms with Gasteiger partial charge in [0.25, 0.3) is 0 Å². The normalized spacial score (nSPS) is 24.6. The molecule has 0 aliphatic carbocycles. The van der Waals surface area contributed by atoms with Crippen molar-refractivity contribution in [1.82, 2.24) is 10.2 Å². The number of hydrogen-bond acceptors (Lipinski definition) is 2. The summed E-state index contributed by atoms with van der Waals surface area (Å²) in [6.45, 7) is 7.81. The first kappa shape index (κ1) is 14.9. The molecular weight excluding hydrogens is 262 g/mol. The van der Waals surface area contributed by atoms with Gasteiger partial charge >= 0.3 is 0 Å². The highest BCUT2D eigenvalue weighted by atomic mass is 19.2. The molecule has 1 heterocycles. The van der Waals surface area contributed by atoms with Crippen LogP contribution >= 0.6 is 0 Å². The Morgan fingerprint density at radius 2 is 1.85 bits per heavy atom. The minimum atomic E-state index is -0.895. The topological polar surface area (TPSA) is 32.3 Å². The van der Waals surface area contributed by atoms with Gasteiger partial charge in [-0.2, -0.15) is 0 Å². The van der Waals surface area contributed by atoms with Crippen molar-refractivity contribution in [2.45, 2.75) is 45.9 Å². The Bertz CT molecular complexity index is 519. The Morgan fingerprint density at radius 3 is 2.40 bits per heavy atom. The maximum absolute atomic E-state index is 13.4. The summed E-state index contributed by atoms with van der Waals surface area (Å²) in [4.78, 5) is 14.0. The molecule has 1 aliphatic heterocycles. The van der Waals surface area contributed by atoms with Crippen LogP contribution in [0.2, 0.25) is 0 Å². The van der Waals surface area contributed by atoms with Gasteiger partial charge in [0.2, 0.25) is 5.91 Å². The zero-order valence-electron chi connectivity index (χ0n) is 12.2. The van der Waals surface area contributed by atoms with Crippen molar-refractivity contribution in [2.75, 3.05) is 0 Å². The van der Waals surface area contributed by atoms with Crippen LogP contribution in [0.4, 0.5) is 8.78 Å². The molecule has 1 aliphatic rings. The van der Waals surface area contributed by atoms with Gasteiger partial charge < -0.3 is 4.90 Å². The molecule has 1 fully saturated rings. The molecule has 1 aromatic carbocycles. The van der Waals surface area contributed by atoms with Gasteiger partial charge in [0.15, 0.2) is 11.6 Å². The number of benzene rings is 1. The molecule has 0 radical (unpaired) electrons. The van der Waals surface area contributed by atoms with E-state index in [0.717, 1.165) is 12.1 Å². The molecule has 20 heavy (non-hydrogen) atoms. The van der Waals surface area contributed by atoms with Gasteiger partial charge in [-0.1, -0.05) is 19.9 Å². The zero-order chi connectivity index (χ0) is 15.0. The summed E-state index contributed by atoms with van der Waals surface area (Å²) >= 11 is 0. The molecule has 3 unspecified atom stereocenters. The van der Waals surface area contributed by atoms with Crippen molar-refractivity contribution in [1.29, 1.82) is 0 Å². The molecule has 1 saturated heterocycles. The third-order valence-corrected chi connectivity index (χ3v) is 3.97. The number of rotatable bonds is 3. The van der Waals surface area contributed by atoms with Crippen LogP contribution in [-0.4, -0.2) is 22.9 Å². The van der Waals surface area contributed by atoms with Crippen LogP contribution in [0, 0.1) is 17.6 Å². The van der Waals surface area contributed by atoms with Crippen LogP contribution in [-0.2, 0) is 4.79 Å². The van der Waals surface area contributed by atoms with Crippen LogP contribution in [0.25, 0.3) is 0 Å². The maximum Gasteiger partial charge on any atom is 0.241 e. The van der Waals surface area contributed by atoms with Crippen molar-refractivity contribution in [3.8, 4) is 0 Å². The number of hydrogen-bond donors (Lipinski definition) is 1. The molecule has 1 amide bonds. The van der Waals surface area contributed by atoms with Gasteiger partial charge in [-0.05, 0) is 37.5 Å². The molecular formula is C15H20F2N2O. The zero-order valence-corrected chi connectivity index (χ0v) is 12.2. The van der Waals surface area contributed by atoms with E-state index < -0.39 is 17.8 Å². The number of carbonyl (C=O) groups excluding carboxylic acids is 1. The Balaban J connectivity index is 2.37. The van der Waals surface area contributed by atoms with Gasteiger partial charge in [0, 0.05) is 6.04 Å². The van der Waals surface area contributed by atoms with Gasteiger partial charge in [-0.25, -0.2) is 8.78 Å². The fourth-order valence-electron chi connectivity index (χ4n) is 2.44. The van der Waals surface area contributed by atoms with Crippen molar-refractivity contribution < 1.29 is 13.6 Å². The van der Waals surface area contributed by atoms with Crippen LogP contribution in [0.5, 0.6) is 0 Å². The maximum atomic E-state index is 13.4. The van der Waals surface area contributed by atoms with Gasteiger partial charge in [0.05, 0.1) is 6.04 Å². The van der Waals surface area contributed by atoms with Gasteiger partial charge in [-0.3, -0.25) is 10.1 Å². The minimum absolute atomic E-state index is 0.0121. The van der Waals surface area contributed by atoms with Crippen LogP contribution in [0.3, 0.4) is 0 Å². The second-order valence-electron chi connectivity index (χ2n) is 5.69. The first-order valence-corrected chi connectivity index (χ1v) is 6.86. The summed E-state index contributed by atoms with van der Waals surface area (Å²) in [6, 6.07) is 3.45. The van der Waals surface area contributed by atoms with E-state index in [0.29, 0.717) is 5.56 Å². The van der Waals surface area contributed by atoms with E-state index in [-0.39, 0.29) is 23.9 Å². The Labute approximate surface area is 118 Å². The number of carbonyl (C=O) groups is 1. The highest BCUT2D eigenvalue weighted by Gasteiger charge is 2.40. The second-order valence-corrected chi connectivity index (χ2v) is 5.69. The Morgan fingerprint density at radius 1 is 1.20 bits per heavy atom. The van der Waals surface area contributed by atoms with E-state index in [1.807, 2.05) is 20.8 Å². The number of amides is 1. The molecule has 5 heteroatoms. The molecule has 1 N–H and O–H groups in total. The largest absolute Gasteiger partial charge is 0.319 e. The fourth-order valence-corrected chi connectivity index (χ4v) is 2.44. The van der Waals surface area contributed by atoms with Gasteiger partial charge in [0.1, 0.15) is 6.17 Å². The van der Waals surface area contributed by atoms with Crippen LogP contribution < -0.4 is 5.32 Å². The minimum Gasteiger partial charge on any atom is -0.319 e. The Hall–Kier alpha value is -1.49. The predicted octanol–water partition coefficient (Wildman–Crippen LogP) is 2.83. The number of halogens is 2. The lowest BCUT2D eigenvalue weighted by atomic mass is 10.0. The SMILES string of the molecule is CC1NC(c2ccc(F)c(F)c2)N(C(C)C(C)C)C1=O. The third kappa shape index (κ3) is 2.54. The lowest BCUT2D eigenvalue weighted by molar-refractivity contribution is -0.132. The molecule has 3 atom stereocenters. The molecule has 3 nitrogen and oxygen atoms in total. The van der Waals surface area contributed by atoms with Crippen molar-refractivity contribution in [3.05, 3.63) is 35.4 Å². The Kier molecular flexibility index (Phi) is 4.09. The third-order valence-electron chi connectivity index (χ3n) is 3.97. The number of nitrogens with one attached hydrogen (secondary N) is 1. The molecule has 0 bridgehead atoms. The lowest BCUT2D eigenvalue weighted by Gasteiger charge is -2.33. The molecule has 0 saturated carbocycles. The smallest absolute Gasteiger partial charge is 0.241 e. The van der Waals surface area contributed by atoms with Crippen molar-refractivity contribution >= 4 is 5.91 Å². The average Bonchev–Trinajstić information content (AvgIpc) is 2.68. The highest BCUT2D eigenvalue weighted by Crippen LogP contribution is 2.30. The summed E-state index contributed by atoms with van der Waals surface area (Å²) in [7, 11) is 0. The van der Waals surface area contributed by atoms with Crippen LogP contribution in [0.1, 0.15) is 39.4 Å². The standard InChI is InChI=1S/C15H20F2N2O/c1-8(2)10(4)19-14(18-9(3)15(19)20)11-5-6-12(16)13(17)7-11/h5-10,14,18H,1-4H3. The molecule has 0 spiro atoms. The van der Waals surface area contributed by atoms with E-state index in [2.05, 4.69) is 5.32 Å². The second kappa shape index (κ2) is 5.48. The molecule has 0 aromatic heterocycles. The van der Waals surface area contributed by atoms with Gasteiger partial charge in [-0.15, -0.1) is 0 Å². The quantitative estimate of drug-likeness (QED) is 0.924. The number of nitrogens with zero attached hydrogens (tertiary/aromatic N) is 1. The first-order valence-electron chi connectivity index (χ1n) is 6.86. The average molecular weight is 282 g/mol. The fraction of sp³-hybridized carbons (Fsp3) is 0.533. The highest BCUT2D eigenvalue weighted by molar-refractivity contribution is 5.84. The van der Waals surface area contributed by atoms with Crippen molar-refractivity contribution in [3.63, 3.8) is 0 Å². The summed E-state index contributed by atoms with van der Waals surface area (Å²) in [5, 5.41) is 3.14. The summed E-state index contributed by atoms with van der Waals surface area (Å²) in [5.41, 5.74) is 0.564. The van der Waals surface area contributed by atoms with Crippen LogP contribution in [0.15, 0.2) is 18.2 Å². The van der Waals surface area contributed by atoms with E-state index in [9.17, 15) is 13.6 Å². The molecule has 1 aromatic rings. The van der Waals surface area contributed by atoms with E-state index in [1.165, 1.54) is 6.07 Å². The van der Waals surface area contributed by atoms with Crippen molar-refractivity contribution in [2.24, 2.45) is 5.92 Å². The first-order chi connectivity index (χ1) is 9.32. The van der Waals surface area contributed by atoms with E-state index in [1.54, 1.807) is 11.8 Å². The summed E-state index contributed by atoms with van der Waals surface area (Å²) < 4.78 is 26.5. The lowest BCUT2D eigenvalue weighted by Crippen LogP contribution is -2.41. The predicted molar refractivity (Wildman–Crippen MR) is 72.8 cm³/mol. The van der Waals surface area contributed by atoms with E-state index >= 15 is 0 Å². The molecule has 2 rings (SSSR count).